The summed E-state index contributed by atoms with van der Waals surface area (Å²) in [6, 6.07) is 7.66. The van der Waals surface area contributed by atoms with E-state index in [2.05, 4.69) is 20.6 Å². The summed E-state index contributed by atoms with van der Waals surface area (Å²) in [6.07, 6.45) is 5.66. The van der Waals surface area contributed by atoms with Gasteiger partial charge in [0.25, 0.3) is 0 Å². The molecule has 2 heterocycles. The maximum absolute atomic E-state index is 12.2. The van der Waals surface area contributed by atoms with Crippen LogP contribution < -0.4 is 15.4 Å². The number of aromatic nitrogens is 2. The Morgan fingerprint density at radius 1 is 1.25 bits per heavy atom. The van der Waals surface area contributed by atoms with Crippen LogP contribution in [0.15, 0.2) is 36.7 Å². The fourth-order valence-electron chi connectivity index (χ4n) is 3.03. The summed E-state index contributed by atoms with van der Waals surface area (Å²) in [5.74, 6) is 2.44. The van der Waals surface area contributed by atoms with Gasteiger partial charge in [-0.25, -0.2) is 14.8 Å². The van der Waals surface area contributed by atoms with Gasteiger partial charge in [0.2, 0.25) is 0 Å². The highest BCUT2D eigenvalue weighted by Gasteiger charge is 2.29. The van der Waals surface area contributed by atoms with Crippen molar-refractivity contribution < 1.29 is 9.53 Å². The molecule has 2 unspecified atom stereocenters. The summed E-state index contributed by atoms with van der Waals surface area (Å²) in [4.78, 5) is 20.8. The van der Waals surface area contributed by atoms with E-state index in [9.17, 15) is 4.79 Å². The average Bonchev–Trinajstić information content (AvgIpc) is 3.34. The van der Waals surface area contributed by atoms with Gasteiger partial charge in [-0.3, -0.25) is 0 Å². The van der Waals surface area contributed by atoms with Gasteiger partial charge in [0, 0.05) is 23.4 Å². The molecule has 2 aromatic rings. The summed E-state index contributed by atoms with van der Waals surface area (Å²) in [7, 11) is 0. The van der Waals surface area contributed by atoms with Crippen molar-refractivity contribution in [3.05, 3.63) is 48.0 Å². The van der Waals surface area contributed by atoms with Gasteiger partial charge in [0.1, 0.15) is 11.6 Å². The number of anilines is 1. The standard InChI is InChI=1S/C18H20N4O2/c1-11(15-10-24-16-5-3-2-4-14(15)16)21-18(23)22-13-8-19-17(20-9-13)12-6-7-12/h2-5,8-9,11-12,15H,6-7,10H2,1H3,(H2,21,22,23). The van der Waals surface area contributed by atoms with Crippen molar-refractivity contribution in [2.24, 2.45) is 0 Å². The molecular formula is C18H20N4O2. The second-order valence-corrected chi connectivity index (χ2v) is 6.45. The number of ether oxygens (including phenoxy) is 1. The van der Waals surface area contributed by atoms with E-state index >= 15 is 0 Å². The first-order valence-electron chi connectivity index (χ1n) is 8.32. The zero-order chi connectivity index (χ0) is 16.5. The molecule has 1 saturated carbocycles. The number of rotatable bonds is 4. The fraction of sp³-hybridized carbons (Fsp3) is 0.389. The number of para-hydroxylation sites is 1. The van der Waals surface area contributed by atoms with Crippen LogP contribution in [0.25, 0.3) is 0 Å². The number of benzene rings is 1. The molecule has 1 aliphatic carbocycles. The zero-order valence-corrected chi connectivity index (χ0v) is 13.5. The molecule has 2 amide bonds. The first kappa shape index (κ1) is 14.9. The van der Waals surface area contributed by atoms with Gasteiger partial charge in [-0.2, -0.15) is 0 Å². The highest BCUT2D eigenvalue weighted by Crippen LogP contribution is 2.38. The Morgan fingerprint density at radius 3 is 2.75 bits per heavy atom. The highest BCUT2D eigenvalue weighted by molar-refractivity contribution is 5.89. The number of carbonyl (C=O) groups is 1. The number of carbonyl (C=O) groups excluding carboxylic acids is 1. The minimum absolute atomic E-state index is 0.0414. The Labute approximate surface area is 140 Å². The van der Waals surface area contributed by atoms with Crippen LogP contribution >= 0.6 is 0 Å². The molecule has 24 heavy (non-hydrogen) atoms. The Hall–Kier alpha value is -2.63. The molecule has 6 heteroatoms. The molecular weight excluding hydrogens is 304 g/mol. The van der Waals surface area contributed by atoms with E-state index in [4.69, 9.17) is 4.74 Å². The minimum atomic E-state index is -0.255. The number of nitrogens with zero attached hydrogens (tertiary/aromatic N) is 2. The largest absolute Gasteiger partial charge is 0.493 e. The van der Waals surface area contributed by atoms with Crippen molar-refractivity contribution in [3.8, 4) is 5.75 Å². The molecule has 1 aromatic heterocycles. The molecule has 0 saturated heterocycles. The minimum Gasteiger partial charge on any atom is -0.493 e. The van der Waals surface area contributed by atoms with Crippen molar-refractivity contribution in [1.29, 1.82) is 0 Å². The van der Waals surface area contributed by atoms with Gasteiger partial charge in [0.05, 0.1) is 24.7 Å². The summed E-state index contributed by atoms with van der Waals surface area (Å²) in [6.45, 7) is 2.57. The zero-order valence-electron chi connectivity index (χ0n) is 13.5. The van der Waals surface area contributed by atoms with Crippen LogP contribution in [-0.2, 0) is 0 Å². The molecule has 6 nitrogen and oxygen atoms in total. The van der Waals surface area contributed by atoms with E-state index in [0.717, 1.165) is 30.0 Å². The number of fused-ring (bicyclic) bond motifs is 1. The Kier molecular flexibility index (Phi) is 3.80. The van der Waals surface area contributed by atoms with Crippen LogP contribution in [0.2, 0.25) is 0 Å². The first-order valence-corrected chi connectivity index (χ1v) is 8.32. The summed E-state index contributed by atoms with van der Waals surface area (Å²) < 4.78 is 5.68. The van der Waals surface area contributed by atoms with Crippen molar-refractivity contribution in [3.63, 3.8) is 0 Å². The fourth-order valence-corrected chi connectivity index (χ4v) is 3.03. The second kappa shape index (κ2) is 6.11. The maximum atomic E-state index is 12.2. The van der Waals surface area contributed by atoms with Crippen molar-refractivity contribution in [1.82, 2.24) is 15.3 Å². The lowest BCUT2D eigenvalue weighted by atomic mass is 9.94. The Morgan fingerprint density at radius 2 is 2.00 bits per heavy atom. The molecule has 0 radical (unpaired) electrons. The number of hydrogen-bond donors (Lipinski definition) is 2. The second-order valence-electron chi connectivity index (χ2n) is 6.45. The highest BCUT2D eigenvalue weighted by atomic mass is 16.5. The third-order valence-corrected chi connectivity index (χ3v) is 4.57. The first-order chi connectivity index (χ1) is 11.7. The lowest BCUT2D eigenvalue weighted by Crippen LogP contribution is -2.40. The van der Waals surface area contributed by atoms with Crippen molar-refractivity contribution >= 4 is 11.7 Å². The molecule has 124 valence electrons. The summed E-state index contributed by atoms with van der Waals surface area (Å²) in [5.41, 5.74) is 1.74. The van der Waals surface area contributed by atoms with Crippen molar-refractivity contribution in [2.45, 2.75) is 37.6 Å². The molecule has 1 aliphatic heterocycles. The summed E-state index contributed by atoms with van der Waals surface area (Å²) >= 11 is 0. The van der Waals surface area contributed by atoms with E-state index in [1.165, 1.54) is 0 Å². The maximum Gasteiger partial charge on any atom is 0.319 e. The van der Waals surface area contributed by atoms with E-state index in [0.29, 0.717) is 18.2 Å². The quantitative estimate of drug-likeness (QED) is 0.906. The predicted molar refractivity (Wildman–Crippen MR) is 90.3 cm³/mol. The van der Waals surface area contributed by atoms with Crippen LogP contribution in [0.3, 0.4) is 0 Å². The van der Waals surface area contributed by atoms with Crippen LogP contribution in [0, 0.1) is 0 Å². The predicted octanol–water partition coefficient (Wildman–Crippen LogP) is 3.04. The topological polar surface area (TPSA) is 76.1 Å². The molecule has 4 rings (SSSR count). The Bertz CT molecular complexity index is 743. The average molecular weight is 324 g/mol. The molecule has 1 aromatic carbocycles. The van der Waals surface area contributed by atoms with Gasteiger partial charge in [-0.15, -0.1) is 0 Å². The van der Waals surface area contributed by atoms with Crippen LogP contribution in [0.4, 0.5) is 10.5 Å². The van der Waals surface area contributed by atoms with Crippen LogP contribution in [-0.4, -0.2) is 28.6 Å². The smallest absolute Gasteiger partial charge is 0.319 e. The number of amides is 2. The molecule has 2 N–H and O–H groups in total. The third kappa shape index (κ3) is 3.04. The number of nitrogens with one attached hydrogen (secondary N) is 2. The monoisotopic (exact) mass is 324 g/mol. The number of hydrogen-bond acceptors (Lipinski definition) is 4. The van der Waals surface area contributed by atoms with Crippen molar-refractivity contribution in [2.75, 3.05) is 11.9 Å². The lowest BCUT2D eigenvalue weighted by molar-refractivity contribution is 0.244. The van der Waals surface area contributed by atoms with E-state index in [1.54, 1.807) is 12.4 Å². The van der Waals surface area contributed by atoms with Crippen LogP contribution in [0.1, 0.15) is 43.0 Å². The van der Waals surface area contributed by atoms with Gasteiger partial charge in [-0.1, -0.05) is 18.2 Å². The van der Waals surface area contributed by atoms with Gasteiger partial charge < -0.3 is 15.4 Å². The molecule has 1 fully saturated rings. The van der Waals surface area contributed by atoms with E-state index in [-0.39, 0.29) is 18.0 Å². The molecule has 2 aliphatic rings. The Balaban J connectivity index is 1.35. The summed E-state index contributed by atoms with van der Waals surface area (Å²) in [5, 5.41) is 5.77. The normalized spacial score (nSPS) is 20.0. The van der Waals surface area contributed by atoms with Gasteiger partial charge in [0.15, 0.2) is 0 Å². The number of urea groups is 1. The molecule has 0 spiro atoms. The molecule has 2 atom stereocenters. The lowest BCUT2D eigenvalue weighted by Gasteiger charge is -2.20. The van der Waals surface area contributed by atoms with Gasteiger partial charge in [-0.05, 0) is 25.8 Å². The van der Waals surface area contributed by atoms with Gasteiger partial charge >= 0.3 is 6.03 Å². The third-order valence-electron chi connectivity index (χ3n) is 4.57. The van der Waals surface area contributed by atoms with Crippen LogP contribution in [0.5, 0.6) is 5.75 Å². The van der Waals surface area contributed by atoms with E-state index in [1.807, 2.05) is 31.2 Å². The molecule has 0 bridgehead atoms. The SMILES string of the molecule is CC(NC(=O)Nc1cnc(C2CC2)nc1)C1COc2ccccc21. The van der Waals surface area contributed by atoms with E-state index < -0.39 is 0 Å².